The van der Waals surface area contributed by atoms with Gasteiger partial charge in [-0.3, -0.25) is 19.4 Å². The van der Waals surface area contributed by atoms with Gasteiger partial charge in [-0.15, -0.1) is 0 Å². The molecule has 4 rings (SSSR count). The number of anilines is 2. The van der Waals surface area contributed by atoms with Gasteiger partial charge in [-0.25, -0.2) is 9.67 Å². The molecule has 2 amide bonds. The number of nitrogens with one attached hydrogen (secondary N) is 2. The maximum absolute atomic E-state index is 12.7. The maximum Gasteiger partial charge on any atom is 0.238 e. The van der Waals surface area contributed by atoms with Gasteiger partial charge in [0.2, 0.25) is 11.8 Å². The van der Waals surface area contributed by atoms with Crippen molar-refractivity contribution in [2.75, 3.05) is 49.9 Å². The van der Waals surface area contributed by atoms with Crippen molar-refractivity contribution in [3.63, 3.8) is 0 Å². The summed E-state index contributed by atoms with van der Waals surface area (Å²) in [5.74, 6) is -0.161. The van der Waals surface area contributed by atoms with Crippen LogP contribution in [0.15, 0.2) is 49.1 Å². The monoisotopic (exact) mass is 481 g/mol. The SMILES string of the molecule is Cc1cccc(NC(=O)CN2CCN(CC(=O)Nc3cc(Cl)ccc3-n3cncn3)CC2)c1C. The smallest absolute Gasteiger partial charge is 0.238 e. The second kappa shape index (κ2) is 10.8. The van der Waals surface area contributed by atoms with E-state index in [2.05, 4.69) is 30.5 Å². The van der Waals surface area contributed by atoms with Gasteiger partial charge in [0.25, 0.3) is 0 Å². The van der Waals surface area contributed by atoms with Crippen LogP contribution in [-0.4, -0.2) is 75.6 Å². The van der Waals surface area contributed by atoms with Crippen LogP contribution in [0, 0.1) is 13.8 Å². The zero-order valence-electron chi connectivity index (χ0n) is 19.3. The number of nitrogens with zero attached hydrogens (tertiary/aromatic N) is 5. The first-order valence-electron chi connectivity index (χ1n) is 11.1. The molecule has 1 aromatic heterocycles. The predicted octanol–water partition coefficient (Wildman–Crippen LogP) is 2.73. The van der Waals surface area contributed by atoms with Gasteiger partial charge in [0.05, 0.1) is 24.5 Å². The van der Waals surface area contributed by atoms with E-state index in [1.165, 1.54) is 6.33 Å². The van der Waals surface area contributed by atoms with E-state index in [1.807, 2.05) is 32.0 Å². The van der Waals surface area contributed by atoms with Crippen LogP contribution in [0.2, 0.25) is 5.02 Å². The molecule has 3 aromatic rings. The number of aryl methyl sites for hydroxylation is 1. The largest absolute Gasteiger partial charge is 0.325 e. The molecule has 0 bridgehead atoms. The fourth-order valence-corrected chi connectivity index (χ4v) is 4.09. The standard InChI is InChI=1S/C24H28ClN7O2/c1-17-4-3-5-20(18(17)2)28-23(33)13-30-8-10-31(11-9-30)14-24(34)29-21-12-19(25)6-7-22(21)32-16-26-15-27-32/h3-7,12,15-16H,8-11,13-14H2,1-2H3,(H,28,33)(H,29,34). The Bertz CT molecular complexity index is 1160. The summed E-state index contributed by atoms with van der Waals surface area (Å²) in [6, 6.07) is 11.1. The minimum absolute atomic E-state index is 0.0264. The van der Waals surface area contributed by atoms with Crippen LogP contribution in [-0.2, 0) is 9.59 Å². The van der Waals surface area contributed by atoms with E-state index >= 15 is 0 Å². The van der Waals surface area contributed by atoms with E-state index in [9.17, 15) is 9.59 Å². The van der Waals surface area contributed by atoms with E-state index in [4.69, 9.17) is 11.6 Å². The minimum Gasteiger partial charge on any atom is -0.325 e. The van der Waals surface area contributed by atoms with Gasteiger partial charge in [0.15, 0.2) is 0 Å². The second-order valence-electron chi connectivity index (χ2n) is 8.40. The highest BCUT2D eigenvalue weighted by atomic mass is 35.5. The Morgan fingerprint density at radius 1 is 0.941 bits per heavy atom. The summed E-state index contributed by atoms with van der Waals surface area (Å²) in [6.45, 7) is 7.47. The number of carbonyl (C=O) groups is 2. The van der Waals surface area contributed by atoms with Crippen molar-refractivity contribution in [3.8, 4) is 5.69 Å². The van der Waals surface area contributed by atoms with Crippen LogP contribution in [0.1, 0.15) is 11.1 Å². The lowest BCUT2D eigenvalue weighted by molar-refractivity contribution is -0.120. The van der Waals surface area contributed by atoms with Crippen LogP contribution in [0.25, 0.3) is 5.69 Å². The zero-order valence-corrected chi connectivity index (χ0v) is 20.0. The fraction of sp³-hybridized carbons (Fsp3) is 0.333. The van der Waals surface area contributed by atoms with Crippen molar-refractivity contribution in [1.82, 2.24) is 24.6 Å². The molecule has 1 aliphatic heterocycles. The minimum atomic E-state index is -0.134. The first kappa shape index (κ1) is 23.9. The van der Waals surface area contributed by atoms with Crippen molar-refractivity contribution < 1.29 is 9.59 Å². The molecule has 178 valence electrons. The normalized spacial score (nSPS) is 14.7. The Morgan fingerprint density at radius 3 is 2.21 bits per heavy atom. The summed E-state index contributed by atoms with van der Waals surface area (Å²) in [5, 5.41) is 10.6. The molecule has 2 aromatic carbocycles. The van der Waals surface area contributed by atoms with E-state index in [0.717, 1.165) is 29.9 Å². The highest BCUT2D eigenvalue weighted by Gasteiger charge is 2.21. The molecule has 0 saturated carbocycles. The molecule has 0 unspecified atom stereocenters. The van der Waals surface area contributed by atoms with E-state index < -0.39 is 0 Å². The quantitative estimate of drug-likeness (QED) is 0.538. The zero-order chi connectivity index (χ0) is 24.1. The van der Waals surface area contributed by atoms with E-state index in [1.54, 1.807) is 29.2 Å². The molecule has 2 N–H and O–H groups in total. The lowest BCUT2D eigenvalue weighted by atomic mass is 10.1. The Labute approximate surface area is 203 Å². The first-order valence-corrected chi connectivity index (χ1v) is 11.5. The molecule has 34 heavy (non-hydrogen) atoms. The predicted molar refractivity (Wildman–Crippen MR) is 132 cm³/mol. The van der Waals surface area contributed by atoms with Gasteiger partial charge >= 0.3 is 0 Å². The number of hydrogen-bond acceptors (Lipinski definition) is 6. The summed E-state index contributed by atoms with van der Waals surface area (Å²) in [4.78, 5) is 33.4. The topological polar surface area (TPSA) is 95.4 Å². The second-order valence-corrected chi connectivity index (χ2v) is 8.83. The Kier molecular flexibility index (Phi) is 7.56. The highest BCUT2D eigenvalue weighted by molar-refractivity contribution is 6.31. The number of aromatic nitrogens is 3. The van der Waals surface area contributed by atoms with E-state index in [0.29, 0.717) is 36.0 Å². The molecule has 2 heterocycles. The molecular weight excluding hydrogens is 454 g/mol. The van der Waals surface area contributed by atoms with Crippen molar-refractivity contribution >= 4 is 34.8 Å². The number of piperazine rings is 1. The number of hydrogen-bond donors (Lipinski definition) is 2. The van der Waals surface area contributed by atoms with Gasteiger partial charge in [-0.1, -0.05) is 23.7 Å². The molecular formula is C24H28ClN7O2. The molecule has 0 spiro atoms. The molecule has 0 radical (unpaired) electrons. The van der Waals surface area contributed by atoms with Crippen LogP contribution in [0.3, 0.4) is 0 Å². The summed E-state index contributed by atoms with van der Waals surface area (Å²) in [7, 11) is 0. The van der Waals surface area contributed by atoms with Crippen LogP contribution < -0.4 is 10.6 Å². The molecule has 9 nitrogen and oxygen atoms in total. The third kappa shape index (κ3) is 5.99. The molecule has 0 atom stereocenters. The third-order valence-electron chi connectivity index (χ3n) is 5.98. The van der Waals surface area contributed by atoms with Gasteiger partial charge in [0.1, 0.15) is 12.7 Å². The third-order valence-corrected chi connectivity index (χ3v) is 6.21. The molecule has 1 saturated heterocycles. The molecule has 1 aliphatic rings. The average molecular weight is 482 g/mol. The molecule has 10 heteroatoms. The Hall–Kier alpha value is -3.27. The first-order chi connectivity index (χ1) is 16.4. The van der Waals surface area contributed by atoms with Crippen molar-refractivity contribution in [2.45, 2.75) is 13.8 Å². The Balaban J connectivity index is 1.26. The number of amides is 2. The lowest BCUT2D eigenvalue weighted by Crippen LogP contribution is -2.50. The van der Waals surface area contributed by atoms with Crippen LogP contribution in [0.4, 0.5) is 11.4 Å². The van der Waals surface area contributed by atoms with Gasteiger partial charge in [0, 0.05) is 36.9 Å². The summed E-state index contributed by atoms with van der Waals surface area (Å²) in [5.41, 5.74) is 4.35. The van der Waals surface area contributed by atoms with Crippen molar-refractivity contribution in [2.24, 2.45) is 0 Å². The number of rotatable bonds is 7. The Morgan fingerprint density at radius 2 is 1.59 bits per heavy atom. The van der Waals surface area contributed by atoms with Crippen molar-refractivity contribution in [1.29, 1.82) is 0 Å². The van der Waals surface area contributed by atoms with Gasteiger partial charge < -0.3 is 10.6 Å². The molecule has 1 fully saturated rings. The maximum atomic E-state index is 12.7. The average Bonchev–Trinajstić information content (AvgIpc) is 3.33. The number of halogens is 1. The summed E-state index contributed by atoms with van der Waals surface area (Å²) < 4.78 is 1.58. The summed E-state index contributed by atoms with van der Waals surface area (Å²) in [6.07, 6.45) is 3.00. The van der Waals surface area contributed by atoms with E-state index in [-0.39, 0.29) is 18.4 Å². The highest BCUT2D eigenvalue weighted by Crippen LogP contribution is 2.24. The lowest BCUT2D eigenvalue weighted by Gasteiger charge is -2.33. The fourth-order valence-electron chi connectivity index (χ4n) is 3.92. The van der Waals surface area contributed by atoms with Crippen LogP contribution in [0.5, 0.6) is 0 Å². The van der Waals surface area contributed by atoms with Crippen LogP contribution >= 0.6 is 11.6 Å². The number of benzene rings is 2. The molecule has 0 aliphatic carbocycles. The summed E-state index contributed by atoms with van der Waals surface area (Å²) >= 11 is 6.13. The van der Waals surface area contributed by atoms with Crippen molar-refractivity contribution in [3.05, 3.63) is 65.2 Å². The van der Waals surface area contributed by atoms with Gasteiger partial charge in [-0.2, -0.15) is 5.10 Å². The number of carbonyl (C=O) groups excluding carboxylic acids is 2. The van der Waals surface area contributed by atoms with Gasteiger partial charge in [-0.05, 0) is 49.2 Å².